The first kappa shape index (κ1) is 18.5. The average molecular weight is 382 g/mol. The summed E-state index contributed by atoms with van der Waals surface area (Å²) in [6.07, 6.45) is 2.31. The van der Waals surface area contributed by atoms with Crippen LogP contribution in [0.3, 0.4) is 0 Å². The number of aromatic nitrogens is 2. The summed E-state index contributed by atoms with van der Waals surface area (Å²) in [6, 6.07) is 5.69. The average Bonchev–Trinajstić information content (AvgIpc) is 2.94. The number of amides is 1. The zero-order chi connectivity index (χ0) is 17.8. The largest absolute Gasteiger partial charge is 0.383 e. The summed E-state index contributed by atoms with van der Waals surface area (Å²) < 4.78 is 7.32. The molecule has 2 aromatic rings. The van der Waals surface area contributed by atoms with Crippen molar-refractivity contribution in [2.45, 2.75) is 31.5 Å². The molecule has 3 rings (SSSR count). The van der Waals surface area contributed by atoms with Gasteiger partial charge in [-0.05, 0) is 37.0 Å². The van der Waals surface area contributed by atoms with Crippen molar-refractivity contribution in [3.63, 3.8) is 0 Å². The highest BCUT2D eigenvalue weighted by molar-refractivity contribution is 7.99. The van der Waals surface area contributed by atoms with E-state index < -0.39 is 0 Å². The lowest BCUT2D eigenvalue weighted by molar-refractivity contribution is -0.130. The van der Waals surface area contributed by atoms with Gasteiger partial charge in [0, 0.05) is 31.8 Å². The zero-order valence-corrected chi connectivity index (χ0v) is 16.3. The summed E-state index contributed by atoms with van der Waals surface area (Å²) in [6.45, 7) is 5.25. The minimum Gasteiger partial charge on any atom is -0.383 e. The highest BCUT2D eigenvalue weighted by Crippen LogP contribution is 2.27. The number of piperidine rings is 1. The van der Waals surface area contributed by atoms with Gasteiger partial charge in [0.1, 0.15) is 0 Å². The third-order valence-corrected chi connectivity index (χ3v) is 5.72. The number of nitrogens with zero attached hydrogens (tertiary/aromatic N) is 3. The van der Waals surface area contributed by atoms with Gasteiger partial charge in [0.15, 0.2) is 5.16 Å². The summed E-state index contributed by atoms with van der Waals surface area (Å²) in [5, 5.41) is 1.51. The lowest BCUT2D eigenvalue weighted by Crippen LogP contribution is -2.40. The highest BCUT2D eigenvalue weighted by Gasteiger charge is 2.22. The third kappa shape index (κ3) is 4.49. The second kappa shape index (κ2) is 8.43. The molecule has 1 saturated heterocycles. The molecule has 5 nitrogen and oxygen atoms in total. The van der Waals surface area contributed by atoms with Crippen molar-refractivity contribution >= 4 is 40.3 Å². The van der Waals surface area contributed by atoms with E-state index in [1.807, 2.05) is 23.1 Å². The maximum Gasteiger partial charge on any atom is 0.233 e. The van der Waals surface area contributed by atoms with Crippen LogP contribution in [0.25, 0.3) is 11.0 Å². The van der Waals surface area contributed by atoms with Gasteiger partial charge in [-0.2, -0.15) is 0 Å². The molecular formula is C18H24ClN3O2S. The Balaban J connectivity index is 1.74. The van der Waals surface area contributed by atoms with Crippen LogP contribution in [0.1, 0.15) is 19.8 Å². The molecule has 0 spiro atoms. The van der Waals surface area contributed by atoms with Gasteiger partial charge in [0.05, 0.1) is 23.4 Å². The first-order valence-corrected chi connectivity index (χ1v) is 10.00. The van der Waals surface area contributed by atoms with Crippen LogP contribution in [0.2, 0.25) is 5.02 Å². The minimum atomic E-state index is 0.194. The number of ether oxygens (including phenoxy) is 1. The van der Waals surface area contributed by atoms with Gasteiger partial charge in [0.25, 0.3) is 0 Å². The molecule has 1 atom stereocenters. The lowest BCUT2D eigenvalue weighted by atomic mass is 10.0. The summed E-state index contributed by atoms with van der Waals surface area (Å²) in [5.41, 5.74) is 1.87. The van der Waals surface area contributed by atoms with Crippen LogP contribution in [0.5, 0.6) is 0 Å². The second-order valence-electron chi connectivity index (χ2n) is 6.55. The molecule has 1 aromatic heterocycles. The van der Waals surface area contributed by atoms with E-state index in [2.05, 4.69) is 16.5 Å². The number of likely N-dealkylation sites (tertiary alicyclic amines) is 1. The summed E-state index contributed by atoms with van der Waals surface area (Å²) in [7, 11) is 1.68. The Morgan fingerprint density at radius 2 is 2.32 bits per heavy atom. The molecule has 25 heavy (non-hydrogen) atoms. The van der Waals surface area contributed by atoms with Gasteiger partial charge in [-0.15, -0.1) is 0 Å². The number of thioether (sulfide) groups is 1. The van der Waals surface area contributed by atoms with E-state index in [-0.39, 0.29) is 5.91 Å². The minimum absolute atomic E-state index is 0.194. The monoisotopic (exact) mass is 381 g/mol. The molecular weight excluding hydrogens is 358 g/mol. The fourth-order valence-electron chi connectivity index (χ4n) is 3.22. The van der Waals surface area contributed by atoms with Gasteiger partial charge in [-0.1, -0.05) is 30.3 Å². The fourth-order valence-corrected chi connectivity index (χ4v) is 4.33. The Labute approximate surface area is 157 Å². The van der Waals surface area contributed by atoms with Crippen LogP contribution in [-0.2, 0) is 16.1 Å². The molecule has 0 saturated carbocycles. The quantitative estimate of drug-likeness (QED) is 0.716. The molecule has 1 aliphatic rings. The van der Waals surface area contributed by atoms with Crippen LogP contribution < -0.4 is 0 Å². The van der Waals surface area contributed by atoms with Crippen molar-refractivity contribution in [2.24, 2.45) is 5.92 Å². The van der Waals surface area contributed by atoms with Crippen molar-refractivity contribution in [3.8, 4) is 0 Å². The molecule has 1 amide bonds. The molecule has 0 bridgehead atoms. The number of imidazole rings is 1. The molecule has 136 valence electrons. The first-order valence-electron chi connectivity index (χ1n) is 8.63. The summed E-state index contributed by atoms with van der Waals surface area (Å²) in [5.74, 6) is 1.20. The van der Waals surface area contributed by atoms with Crippen LogP contribution in [-0.4, -0.2) is 52.9 Å². The maximum atomic E-state index is 12.5. The van der Waals surface area contributed by atoms with Crippen molar-refractivity contribution in [1.29, 1.82) is 0 Å². The van der Waals surface area contributed by atoms with E-state index in [4.69, 9.17) is 16.3 Å². The normalized spacial score (nSPS) is 18.0. The number of rotatable bonds is 6. The molecule has 0 aliphatic carbocycles. The lowest BCUT2D eigenvalue weighted by Gasteiger charge is -2.30. The Kier molecular flexibility index (Phi) is 6.25. The Bertz CT molecular complexity index is 749. The van der Waals surface area contributed by atoms with E-state index >= 15 is 0 Å². The molecule has 2 heterocycles. The van der Waals surface area contributed by atoms with E-state index in [1.54, 1.807) is 7.11 Å². The number of hydrogen-bond acceptors (Lipinski definition) is 4. The molecule has 7 heteroatoms. The predicted molar refractivity (Wildman–Crippen MR) is 102 cm³/mol. The maximum absolute atomic E-state index is 12.5. The van der Waals surface area contributed by atoms with Crippen molar-refractivity contribution < 1.29 is 9.53 Å². The zero-order valence-electron chi connectivity index (χ0n) is 14.7. The van der Waals surface area contributed by atoms with Gasteiger partial charge in [0.2, 0.25) is 5.91 Å². The van der Waals surface area contributed by atoms with Gasteiger partial charge < -0.3 is 14.2 Å². The fraction of sp³-hybridized carbons (Fsp3) is 0.556. The number of hydrogen-bond donors (Lipinski definition) is 0. The van der Waals surface area contributed by atoms with Gasteiger partial charge in [-0.3, -0.25) is 4.79 Å². The molecule has 0 N–H and O–H groups in total. The molecule has 0 radical (unpaired) electrons. The number of halogens is 1. The van der Waals surface area contributed by atoms with E-state index in [1.165, 1.54) is 18.2 Å². The molecule has 1 fully saturated rings. The van der Waals surface area contributed by atoms with Crippen LogP contribution in [0.4, 0.5) is 0 Å². The van der Waals surface area contributed by atoms with Crippen LogP contribution in [0, 0.1) is 5.92 Å². The van der Waals surface area contributed by atoms with E-state index in [0.717, 1.165) is 35.7 Å². The Morgan fingerprint density at radius 1 is 1.48 bits per heavy atom. The Hall–Kier alpha value is -1.24. The number of carbonyl (C=O) groups is 1. The number of methoxy groups -OCH3 is 1. The topological polar surface area (TPSA) is 47.4 Å². The molecule has 1 unspecified atom stereocenters. The highest BCUT2D eigenvalue weighted by atomic mass is 35.5. The van der Waals surface area contributed by atoms with E-state index in [0.29, 0.717) is 29.8 Å². The van der Waals surface area contributed by atoms with Gasteiger partial charge >= 0.3 is 0 Å². The molecule has 1 aliphatic heterocycles. The van der Waals surface area contributed by atoms with Crippen LogP contribution in [0.15, 0.2) is 23.4 Å². The number of benzene rings is 1. The smallest absolute Gasteiger partial charge is 0.233 e. The number of carbonyl (C=O) groups excluding carboxylic acids is 1. The summed E-state index contributed by atoms with van der Waals surface area (Å²) >= 11 is 7.58. The van der Waals surface area contributed by atoms with Gasteiger partial charge in [-0.25, -0.2) is 4.98 Å². The van der Waals surface area contributed by atoms with Crippen molar-refractivity contribution in [1.82, 2.24) is 14.5 Å². The standard InChI is InChI=1S/C18H24ClN3O2S/c1-13-4-3-7-21(11-13)17(23)12-25-18-20-15-10-14(19)5-6-16(15)22(18)8-9-24-2/h5-6,10,13H,3-4,7-9,11-12H2,1-2H3. The van der Waals surface area contributed by atoms with E-state index in [9.17, 15) is 4.79 Å². The molecule has 1 aromatic carbocycles. The number of fused-ring (bicyclic) bond motifs is 1. The predicted octanol–water partition coefficient (Wildman–Crippen LogP) is 3.69. The third-order valence-electron chi connectivity index (χ3n) is 4.53. The summed E-state index contributed by atoms with van der Waals surface area (Å²) in [4.78, 5) is 19.2. The van der Waals surface area contributed by atoms with Crippen LogP contribution >= 0.6 is 23.4 Å². The Morgan fingerprint density at radius 3 is 3.08 bits per heavy atom. The SMILES string of the molecule is COCCn1c(SCC(=O)N2CCCC(C)C2)nc2cc(Cl)ccc21. The second-order valence-corrected chi connectivity index (χ2v) is 7.93. The van der Waals surface area contributed by atoms with Crippen molar-refractivity contribution in [3.05, 3.63) is 23.2 Å². The first-order chi connectivity index (χ1) is 12.1. The van der Waals surface area contributed by atoms with Crippen molar-refractivity contribution in [2.75, 3.05) is 32.6 Å².